The summed E-state index contributed by atoms with van der Waals surface area (Å²) in [5, 5.41) is 9.93. The van der Waals surface area contributed by atoms with Gasteiger partial charge in [-0.25, -0.2) is 4.39 Å². The summed E-state index contributed by atoms with van der Waals surface area (Å²) in [7, 11) is 0. The third-order valence-corrected chi connectivity index (χ3v) is 6.32. The maximum atomic E-state index is 13.3. The van der Waals surface area contributed by atoms with Crippen molar-refractivity contribution < 1.29 is 27.2 Å². The van der Waals surface area contributed by atoms with E-state index in [-0.39, 0.29) is 36.2 Å². The number of carbonyl (C=O) groups is 2. The Morgan fingerprint density at radius 3 is 2.71 bits per heavy atom. The van der Waals surface area contributed by atoms with Crippen LogP contribution in [0.4, 0.5) is 13.2 Å². The smallest absolute Gasteiger partial charge is 0.314 e. The molecule has 31 heavy (non-hydrogen) atoms. The second-order valence-electron chi connectivity index (χ2n) is 8.38. The number of aromatic nitrogens is 2. The quantitative estimate of drug-likeness (QED) is 0.779. The minimum absolute atomic E-state index is 0.0719. The number of nitrogens with one attached hydrogen (secondary N) is 1. The van der Waals surface area contributed by atoms with E-state index in [1.54, 1.807) is 23.1 Å². The van der Waals surface area contributed by atoms with Gasteiger partial charge >= 0.3 is 6.43 Å². The van der Waals surface area contributed by atoms with Crippen LogP contribution >= 0.6 is 0 Å². The number of carbonyl (C=O) groups excluding carboxylic acids is 2. The fourth-order valence-corrected chi connectivity index (χ4v) is 4.54. The predicted octanol–water partition coefficient (Wildman–Crippen LogP) is 3.42. The molecular formula is C21H21F3N4O3. The van der Waals surface area contributed by atoms with Crippen molar-refractivity contribution >= 4 is 11.8 Å². The van der Waals surface area contributed by atoms with Gasteiger partial charge in [-0.2, -0.15) is 8.78 Å². The van der Waals surface area contributed by atoms with Crippen LogP contribution in [0.1, 0.15) is 60.3 Å². The molecule has 1 aliphatic heterocycles. The fraction of sp³-hybridized carbons (Fsp3) is 0.524. The van der Waals surface area contributed by atoms with Crippen LogP contribution in [0.15, 0.2) is 22.6 Å². The minimum atomic E-state index is -2.87. The number of amides is 2. The molecule has 0 spiro atoms. The van der Waals surface area contributed by atoms with Crippen LogP contribution in [0.3, 0.4) is 0 Å². The lowest BCUT2D eigenvalue weighted by Crippen LogP contribution is -2.53. The molecule has 0 unspecified atom stereocenters. The first-order valence-corrected chi connectivity index (χ1v) is 10.4. The first kappa shape index (κ1) is 20.0. The summed E-state index contributed by atoms with van der Waals surface area (Å²) in [5.74, 6) is -1.87. The second kappa shape index (κ2) is 7.65. The van der Waals surface area contributed by atoms with E-state index in [1.165, 1.54) is 0 Å². The summed E-state index contributed by atoms with van der Waals surface area (Å²) >= 11 is 0. The lowest BCUT2D eigenvalue weighted by Gasteiger charge is -2.38. The highest BCUT2D eigenvalue weighted by atomic mass is 19.3. The number of nitrogens with zero attached hydrogens (tertiary/aromatic N) is 3. The zero-order valence-electron chi connectivity index (χ0n) is 16.6. The van der Waals surface area contributed by atoms with E-state index in [9.17, 15) is 22.8 Å². The number of rotatable bonds is 5. The van der Waals surface area contributed by atoms with Crippen LogP contribution in [0.5, 0.6) is 0 Å². The van der Waals surface area contributed by atoms with E-state index in [1.807, 2.05) is 0 Å². The Balaban J connectivity index is 1.35. The highest BCUT2D eigenvalue weighted by Crippen LogP contribution is 2.36. The van der Waals surface area contributed by atoms with Crippen molar-refractivity contribution in [3.63, 3.8) is 0 Å². The SMILES string of the molecule is O=C(N[C@@H]1CCCC[C@H]1N1Cc2ccc(-c3nnc(C(F)F)o3)cc2C1=O)[C@H]1C[C@H]1F. The lowest BCUT2D eigenvalue weighted by atomic mass is 9.89. The third-order valence-electron chi connectivity index (χ3n) is 6.32. The zero-order valence-corrected chi connectivity index (χ0v) is 16.6. The van der Waals surface area contributed by atoms with Crippen molar-refractivity contribution in [1.29, 1.82) is 0 Å². The third kappa shape index (κ3) is 3.68. The van der Waals surface area contributed by atoms with E-state index in [0.717, 1.165) is 31.2 Å². The van der Waals surface area contributed by atoms with Crippen molar-refractivity contribution in [2.75, 3.05) is 0 Å². The lowest BCUT2D eigenvalue weighted by molar-refractivity contribution is -0.124. The van der Waals surface area contributed by atoms with Gasteiger partial charge < -0.3 is 14.6 Å². The normalized spacial score (nSPS) is 27.5. The maximum absolute atomic E-state index is 13.3. The number of benzene rings is 1. The average Bonchev–Trinajstić information content (AvgIpc) is 3.16. The number of halogens is 3. The molecule has 4 atom stereocenters. The van der Waals surface area contributed by atoms with Gasteiger partial charge in [0, 0.05) is 23.7 Å². The molecule has 2 amide bonds. The Labute approximate surface area is 176 Å². The first-order valence-electron chi connectivity index (χ1n) is 10.4. The molecule has 3 aliphatic rings. The van der Waals surface area contributed by atoms with E-state index in [4.69, 9.17) is 4.42 Å². The molecule has 0 radical (unpaired) electrons. The zero-order chi connectivity index (χ0) is 21.7. The molecule has 2 saturated carbocycles. The van der Waals surface area contributed by atoms with Crippen LogP contribution in [0.2, 0.25) is 0 Å². The molecular weight excluding hydrogens is 413 g/mol. The Kier molecular flexibility index (Phi) is 4.94. The topological polar surface area (TPSA) is 88.3 Å². The minimum Gasteiger partial charge on any atom is -0.415 e. The molecule has 164 valence electrons. The Bertz CT molecular complexity index is 1030. The van der Waals surface area contributed by atoms with E-state index in [2.05, 4.69) is 15.5 Å². The molecule has 5 rings (SSSR count). The average molecular weight is 434 g/mol. The Morgan fingerprint density at radius 1 is 1.23 bits per heavy atom. The number of fused-ring (bicyclic) bond motifs is 1. The molecule has 2 fully saturated rings. The molecule has 1 N–H and O–H groups in total. The summed E-state index contributed by atoms with van der Waals surface area (Å²) in [4.78, 5) is 27.2. The summed E-state index contributed by atoms with van der Waals surface area (Å²) in [6.45, 7) is 0.396. The van der Waals surface area contributed by atoms with Gasteiger partial charge in [0.25, 0.3) is 11.8 Å². The summed E-state index contributed by atoms with van der Waals surface area (Å²) in [5.41, 5.74) is 1.66. The molecule has 1 aromatic heterocycles. The van der Waals surface area contributed by atoms with Crippen molar-refractivity contribution in [3.8, 4) is 11.5 Å². The van der Waals surface area contributed by atoms with E-state index >= 15 is 0 Å². The van der Waals surface area contributed by atoms with Crippen molar-refractivity contribution in [3.05, 3.63) is 35.2 Å². The van der Waals surface area contributed by atoms with Crippen molar-refractivity contribution in [2.24, 2.45) is 5.92 Å². The highest BCUT2D eigenvalue weighted by Gasteiger charge is 2.46. The van der Waals surface area contributed by atoms with Gasteiger partial charge in [0.15, 0.2) is 0 Å². The van der Waals surface area contributed by atoms with Crippen LogP contribution in [0, 0.1) is 5.92 Å². The van der Waals surface area contributed by atoms with Gasteiger partial charge in [0.2, 0.25) is 11.8 Å². The van der Waals surface area contributed by atoms with Gasteiger partial charge in [-0.3, -0.25) is 9.59 Å². The maximum Gasteiger partial charge on any atom is 0.314 e. The van der Waals surface area contributed by atoms with Crippen LogP contribution in [-0.4, -0.2) is 45.2 Å². The molecule has 2 aromatic rings. The Hall–Kier alpha value is -2.91. The number of alkyl halides is 3. The summed E-state index contributed by atoms with van der Waals surface area (Å²) in [6, 6.07) is 4.60. The predicted molar refractivity (Wildman–Crippen MR) is 102 cm³/mol. The molecule has 0 bridgehead atoms. The van der Waals surface area contributed by atoms with Gasteiger partial charge in [-0.1, -0.05) is 18.9 Å². The molecule has 2 aliphatic carbocycles. The van der Waals surface area contributed by atoms with E-state index < -0.39 is 24.4 Å². The van der Waals surface area contributed by atoms with Crippen LogP contribution < -0.4 is 5.32 Å². The summed E-state index contributed by atoms with van der Waals surface area (Å²) in [6.07, 6.45) is -0.289. The Morgan fingerprint density at radius 2 is 2.00 bits per heavy atom. The fourth-order valence-electron chi connectivity index (χ4n) is 4.54. The first-order chi connectivity index (χ1) is 14.9. The van der Waals surface area contributed by atoms with Crippen molar-refractivity contribution in [1.82, 2.24) is 20.4 Å². The largest absolute Gasteiger partial charge is 0.415 e. The van der Waals surface area contributed by atoms with Gasteiger partial charge in [0.05, 0.1) is 12.0 Å². The van der Waals surface area contributed by atoms with Gasteiger partial charge in [-0.15, -0.1) is 10.2 Å². The van der Waals surface area contributed by atoms with Crippen molar-refractivity contribution in [2.45, 2.75) is 63.3 Å². The molecule has 7 nitrogen and oxygen atoms in total. The number of hydrogen-bond donors (Lipinski definition) is 1. The summed E-state index contributed by atoms with van der Waals surface area (Å²) < 4.78 is 43.7. The van der Waals surface area contributed by atoms with Crippen LogP contribution in [-0.2, 0) is 11.3 Å². The second-order valence-corrected chi connectivity index (χ2v) is 8.38. The standard InChI is InChI=1S/C21H21F3N4O3/c22-14-8-13(14)18(29)25-15-3-1-2-4-16(15)28-9-11-6-5-10(7-12(11)21(28)30)19-26-27-20(31-19)17(23)24/h5-7,13-17H,1-4,8-9H2,(H,25,29)/t13-,14+,15+,16+/m0/s1. The number of hydrogen-bond acceptors (Lipinski definition) is 5. The molecule has 1 aromatic carbocycles. The highest BCUT2D eigenvalue weighted by molar-refractivity contribution is 5.99. The van der Waals surface area contributed by atoms with Gasteiger partial charge in [0.1, 0.15) is 6.17 Å². The monoisotopic (exact) mass is 434 g/mol. The molecule has 2 heterocycles. The van der Waals surface area contributed by atoms with Gasteiger partial charge in [-0.05, 0) is 37.0 Å². The molecule has 10 heteroatoms. The van der Waals surface area contributed by atoms with Crippen LogP contribution in [0.25, 0.3) is 11.5 Å². The molecule has 0 saturated heterocycles. The van der Waals surface area contributed by atoms with E-state index in [0.29, 0.717) is 17.7 Å².